The fraction of sp³-hybridized carbons (Fsp3) is 0.200. The lowest BCUT2D eigenvalue weighted by Crippen LogP contribution is -1.90. The number of benzene rings is 2. The first-order valence-electron chi connectivity index (χ1n) is 5.67. The van der Waals surface area contributed by atoms with Crippen LogP contribution in [0.15, 0.2) is 36.4 Å². The summed E-state index contributed by atoms with van der Waals surface area (Å²) in [7, 11) is 3.21. The molecule has 0 saturated heterocycles. The Hall–Kier alpha value is -2.16. The van der Waals surface area contributed by atoms with Gasteiger partial charge in [-0.2, -0.15) is 0 Å². The summed E-state index contributed by atoms with van der Waals surface area (Å²) >= 11 is 0. The van der Waals surface area contributed by atoms with Crippen LogP contribution in [0.2, 0.25) is 0 Å². The third-order valence-corrected chi connectivity index (χ3v) is 2.79. The Morgan fingerprint density at radius 3 is 2.39 bits per heavy atom. The molecule has 2 rings (SSSR count). The molecular weight excluding hydrogens is 228 g/mol. The fourth-order valence-corrected chi connectivity index (χ4v) is 1.90. The van der Waals surface area contributed by atoms with Crippen LogP contribution in [0.4, 0.5) is 0 Å². The molecule has 18 heavy (non-hydrogen) atoms. The third kappa shape index (κ3) is 2.40. The summed E-state index contributed by atoms with van der Waals surface area (Å²) in [5, 5.41) is 9.70. The Balaban J connectivity index is 2.60. The van der Waals surface area contributed by atoms with Gasteiger partial charge in [0.05, 0.1) is 14.2 Å². The number of hydrogen-bond acceptors (Lipinski definition) is 3. The highest BCUT2D eigenvalue weighted by Gasteiger charge is 2.08. The predicted octanol–water partition coefficient (Wildman–Crippen LogP) is 3.38. The van der Waals surface area contributed by atoms with Gasteiger partial charge in [0.15, 0.2) is 0 Å². The molecule has 0 aliphatic carbocycles. The van der Waals surface area contributed by atoms with Gasteiger partial charge in [0, 0.05) is 11.6 Å². The first-order chi connectivity index (χ1) is 8.63. The maximum Gasteiger partial charge on any atom is 0.126 e. The first kappa shape index (κ1) is 12.3. The number of methoxy groups -OCH3 is 2. The molecule has 94 valence electrons. The van der Waals surface area contributed by atoms with Gasteiger partial charge in [0.1, 0.15) is 17.2 Å². The molecule has 0 atom stereocenters. The summed E-state index contributed by atoms with van der Waals surface area (Å²) in [6, 6.07) is 11.1. The zero-order valence-corrected chi connectivity index (χ0v) is 10.7. The zero-order valence-electron chi connectivity index (χ0n) is 10.7. The van der Waals surface area contributed by atoms with Gasteiger partial charge < -0.3 is 14.6 Å². The molecule has 0 aromatic heterocycles. The average molecular weight is 244 g/mol. The lowest BCUT2D eigenvalue weighted by molar-refractivity contribution is 0.407. The SMILES string of the molecule is COc1cc(O)cc(-c2cc(C)ccc2OC)c1. The van der Waals surface area contributed by atoms with E-state index in [1.54, 1.807) is 26.4 Å². The van der Waals surface area contributed by atoms with Crippen molar-refractivity contribution in [2.75, 3.05) is 14.2 Å². The summed E-state index contributed by atoms with van der Waals surface area (Å²) in [5.74, 6) is 1.56. The van der Waals surface area contributed by atoms with E-state index in [2.05, 4.69) is 0 Å². The number of hydrogen-bond donors (Lipinski definition) is 1. The summed E-state index contributed by atoms with van der Waals surface area (Å²) in [6.07, 6.45) is 0. The van der Waals surface area contributed by atoms with Crippen LogP contribution in [0, 0.1) is 6.92 Å². The second-order valence-electron chi connectivity index (χ2n) is 4.12. The van der Waals surface area contributed by atoms with Crippen molar-refractivity contribution in [3.63, 3.8) is 0 Å². The maximum atomic E-state index is 9.70. The van der Waals surface area contributed by atoms with Gasteiger partial charge in [0.2, 0.25) is 0 Å². The minimum absolute atomic E-state index is 0.174. The van der Waals surface area contributed by atoms with Crippen LogP contribution in [0.1, 0.15) is 5.56 Å². The van der Waals surface area contributed by atoms with E-state index in [1.165, 1.54) is 0 Å². The molecule has 0 fully saturated rings. The second kappa shape index (κ2) is 5.00. The highest BCUT2D eigenvalue weighted by Crippen LogP contribution is 2.35. The van der Waals surface area contributed by atoms with E-state index in [4.69, 9.17) is 9.47 Å². The van der Waals surface area contributed by atoms with Crippen LogP contribution in [-0.4, -0.2) is 19.3 Å². The predicted molar refractivity (Wildman–Crippen MR) is 71.4 cm³/mol. The van der Waals surface area contributed by atoms with Crippen LogP contribution < -0.4 is 9.47 Å². The molecule has 0 amide bonds. The van der Waals surface area contributed by atoms with Crippen LogP contribution in [0.25, 0.3) is 11.1 Å². The molecule has 2 aromatic rings. The van der Waals surface area contributed by atoms with Crippen molar-refractivity contribution in [3.05, 3.63) is 42.0 Å². The van der Waals surface area contributed by atoms with E-state index >= 15 is 0 Å². The van der Waals surface area contributed by atoms with Gasteiger partial charge in [-0.15, -0.1) is 0 Å². The fourth-order valence-electron chi connectivity index (χ4n) is 1.90. The standard InChI is InChI=1S/C15H16O3/c1-10-4-5-15(18-3)14(6-10)11-7-12(16)9-13(8-11)17-2/h4-9,16H,1-3H3. The van der Waals surface area contributed by atoms with Crippen LogP contribution in [0.5, 0.6) is 17.2 Å². The highest BCUT2D eigenvalue weighted by molar-refractivity contribution is 5.73. The minimum atomic E-state index is 0.174. The Kier molecular flexibility index (Phi) is 3.42. The largest absolute Gasteiger partial charge is 0.508 e. The smallest absolute Gasteiger partial charge is 0.126 e. The Bertz CT molecular complexity index is 562. The number of aryl methyl sites for hydroxylation is 1. The first-order valence-corrected chi connectivity index (χ1v) is 5.67. The summed E-state index contributed by atoms with van der Waals surface area (Å²) < 4.78 is 10.5. The van der Waals surface area contributed by atoms with E-state index < -0.39 is 0 Å². The number of rotatable bonds is 3. The Morgan fingerprint density at radius 2 is 1.72 bits per heavy atom. The average Bonchev–Trinajstić information content (AvgIpc) is 2.38. The molecule has 0 heterocycles. The van der Waals surface area contributed by atoms with E-state index in [1.807, 2.05) is 31.2 Å². The van der Waals surface area contributed by atoms with E-state index in [9.17, 15) is 5.11 Å². The van der Waals surface area contributed by atoms with E-state index in [0.29, 0.717) is 5.75 Å². The van der Waals surface area contributed by atoms with Gasteiger partial charge in [-0.1, -0.05) is 11.6 Å². The number of phenols is 1. The molecule has 3 nitrogen and oxygen atoms in total. The molecule has 2 aromatic carbocycles. The zero-order chi connectivity index (χ0) is 13.1. The lowest BCUT2D eigenvalue weighted by atomic mass is 10.0. The van der Waals surface area contributed by atoms with Gasteiger partial charge in [-0.25, -0.2) is 0 Å². The van der Waals surface area contributed by atoms with Gasteiger partial charge in [-0.3, -0.25) is 0 Å². The van der Waals surface area contributed by atoms with Gasteiger partial charge in [-0.05, 0) is 36.8 Å². The monoisotopic (exact) mass is 244 g/mol. The van der Waals surface area contributed by atoms with Crippen molar-refractivity contribution >= 4 is 0 Å². The Morgan fingerprint density at radius 1 is 0.944 bits per heavy atom. The molecule has 0 spiro atoms. The van der Waals surface area contributed by atoms with Crippen molar-refractivity contribution in [2.24, 2.45) is 0 Å². The van der Waals surface area contributed by atoms with Crippen molar-refractivity contribution in [1.29, 1.82) is 0 Å². The molecule has 0 unspecified atom stereocenters. The van der Waals surface area contributed by atoms with E-state index in [0.717, 1.165) is 22.4 Å². The maximum absolute atomic E-state index is 9.70. The molecule has 1 N–H and O–H groups in total. The van der Waals surface area contributed by atoms with Crippen molar-refractivity contribution in [3.8, 4) is 28.4 Å². The molecule has 3 heteroatoms. The van der Waals surface area contributed by atoms with Gasteiger partial charge in [0.25, 0.3) is 0 Å². The topological polar surface area (TPSA) is 38.7 Å². The number of ether oxygens (including phenoxy) is 2. The third-order valence-electron chi connectivity index (χ3n) is 2.79. The molecular formula is C15H16O3. The molecule has 0 bridgehead atoms. The minimum Gasteiger partial charge on any atom is -0.508 e. The molecule has 0 aliphatic rings. The summed E-state index contributed by atoms with van der Waals surface area (Å²) in [6.45, 7) is 2.02. The summed E-state index contributed by atoms with van der Waals surface area (Å²) in [4.78, 5) is 0. The number of phenolic OH excluding ortho intramolecular Hbond substituents is 1. The molecule has 0 aliphatic heterocycles. The summed E-state index contributed by atoms with van der Waals surface area (Å²) in [5.41, 5.74) is 2.94. The van der Waals surface area contributed by atoms with E-state index in [-0.39, 0.29) is 5.75 Å². The van der Waals surface area contributed by atoms with Crippen molar-refractivity contribution < 1.29 is 14.6 Å². The number of aromatic hydroxyl groups is 1. The lowest BCUT2D eigenvalue weighted by Gasteiger charge is -2.11. The molecule has 0 radical (unpaired) electrons. The second-order valence-corrected chi connectivity index (χ2v) is 4.12. The van der Waals surface area contributed by atoms with Crippen molar-refractivity contribution in [1.82, 2.24) is 0 Å². The normalized spacial score (nSPS) is 10.2. The highest BCUT2D eigenvalue weighted by atomic mass is 16.5. The van der Waals surface area contributed by atoms with Crippen LogP contribution in [-0.2, 0) is 0 Å². The Labute approximate surface area is 107 Å². The van der Waals surface area contributed by atoms with Gasteiger partial charge >= 0.3 is 0 Å². The quantitative estimate of drug-likeness (QED) is 0.899. The van der Waals surface area contributed by atoms with Crippen molar-refractivity contribution in [2.45, 2.75) is 6.92 Å². The van der Waals surface area contributed by atoms with Crippen LogP contribution in [0.3, 0.4) is 0 Å². The van der Waals surface area contributed by atoms with Crippen LogP contribution >= 0.6 is 0 Å². The molecule has 0 saturated carbocycles.